The van der Waals surface area contributed by atoms with Crippen LogP contribution >= 0.6 is 23.4 Å². The Balaban J connectivity index is 1.86. The minimum absolute atomic E-state index is 0.0242. The van der Waals surface area contributed by atoms with Crippen molar-refractivity contribution in [3.63, 3.8) is 0 Å². The summed E-state index contributed by atoms with van der Waals surface area (Å²) in [6.07, 6.45) is 0.709. The molecule has 1 amide bonds. The number of hydrogen-bond donors (Lipinski definition) is 2. The number of nitrogens with one attached hydrogen (secondary N) is 1. The number of nitrogens with two attached hydrogens (primary N) is 1. The molecule has 1 heterocycles. The number of rotatable bonds is 5. The predicted octanol–water partition coefficient (Wildman–Crippen LogP) is 3.42. The summed E-state index contributed by atoms with van der Waals surface area (Å²) in [5.41, 5.74) is 8.02. The van der Waals surface area contributed by atoms with Crippen LogP contribution in [0.25, 0.3) is 0 Å². The Bertz CT molecular complexity index is 778. The molecule has 2 aromatic carbocycles. The van der Waals surface area contributed by atoms with Gasteiger partial charge in [-0.05, 0) is 41.8 Å². The van der Waals surface area contributed by atoms with Crippen molar-refractivity contribution < 1.29 is 4.79 Å². The van der Waals surface area contributed by atoms with Crippen LogP contribution in [-0.2, 0) is 6.42 Å². The first-order chi connectivity index (χ1) is 11.6. The summed E-state index contributed by atoms with van der Waals surface area (Å²) in [4.78, 5) is 15.9. The fourth-order valence-electron chi connectivity index (χ4n) is 2.63. The molecule has 0 saturated heterocycles. The van der Waals surface area contributed by atoms with Crippen LogP contribution in [0.2, 0.25) is 5.02 Å². The molecule has 6 heteroatoms. The quantitative estimate of drug-likeness (QED) is 0.859. The molecule has 124 valence electrons. The van der Waals surface area contributed by atoms with E-state index in [0.717, 1.165) is 28.6 Å². The molecule has 0 saturated carbocycles. The van der Waals surface area contributed by atoms with Gasteiger partial charge in [-0.25, -0.2) is 0 Å². The molecule has 0 aliphatic carbocycles. The van der Waals surface area contributed by atoms with E-state index in [2.05, 4.69) is 10.3 Å². The molecule has 0 spiro atoms. The van der Waals surface area contributed by atoms with Gasteiger partial charge in [-0.1, -0.05) is 47.6 Å². The van der Waals surface area contributed by atoms with Gasteiger partial charge in [0.25, 0.3) is 0 Å². The SMILES string of the molecule is NC(=O)c1cccc(CC(NC2=NCCS2)c2cccc(Cl)c2)c1. The lowest BCUT2D eigenvalue weighted by Gasteiger charge is -2.20. The number of thioether (sulfide) groups is 1. The molecule has 1 aliphatic rings. The van der Waals surface area contributed by atoms with E-state index < -0.39 is 5.91 Å². The molecule has 3 rings (SSSR count). The van der Waals surface area contributed by atoms with E-state index in [9.17, 15) is 4.79 Å². The maximum Gasteiger partial charge on any atom is 0.248 e. The number of carbonyl (C=O) groups excluding carboxylic acids is 1. The van der Waals surface area contributed by atoms with Gasteiger partial charge in [0.1, 0.15) is 0 Å². The van der Waals surface area contributed by atoms with E-state index in [0.29, 0.717) is 17.0 Å². The zero-order valence-electron chi connectivity index (χ0n) is 13.0. The molecule has 1 unspecified atom stereocenters. The summed E-state index contributed by atoms with van der Waals surface area (Å²) < 4.78 is 0. The number of halogens is 1. The summed E-state index contributed by atoms with van der Waals surface area (Å²) >= 11 is 7.87. The summed E-state index contributed by atoms with van der Waals surface area (Å²) in [6.45, 7) is 0.840. The zero-order chi connectivity index (χ0) is 16.9. The molecule has 4 nitrogen and oxygen atoms in total. The minimum atomic E-state index is -0.417. The van der Waals surface area contributed by atoms with Crippen molar-refractivity contribution >= 4 is 34.4 Å². The number of primary amides is 1. The first-order valence-corrected chi connectivity index (χ1v) is 9.06. The predicted molar refractivity (Wildman–Crippen MR) is 101 cm³/mol. The third kappa shape index (κ3) is 4.30. The van der Waals surface area contributed by atoms with Gasteiger partial charge in [0.15, 0.2) is 5.17 Å². The van der Waals surface area contributed by atoms with E-state index in [1.165, 1.54) is 0 Å². The molecule has 2 aromatic rings. The Morgan fingerprint density at radius 2 is 2.12 bits per heavy atom. The second-order valence-corrected chi connectivity index (χ2v) is 7.08. The van der Waals surface area contributed by atoms with Crippen molar-refractivity contribution in [1.82, 2.24) is 5.32 Å². The summed E-state index contributed by atoms with van der Waals surface area (Å²) in [5, 5.41) is 5.14. The van der Waals surface area contributed by atoms with E-state index >= 15 is 0 Å². The Kier molecular flexibility index (Phi) is 5.43. The van der Waals surface area contributed by atoms with Gasteiger partial charge in [0.2, 0.25) is 5.91 Å². The highest BCUT2D eigenvalue weighted by molar-refractivity contribution is 8.14. The van der Waals surface area contributed by atoms with Crippen LogP contribution in [0.4, 0.5) is 0 Å². The lowest BCUT2D eigenvalue weighted by atomic mass is 9.97. The summed E-state index contributed by atoms with van der Waals surface area (Å²) in [6, 6.07) is 15.2. The maximum atomic E-state index is 11.4. The van der Waals surface area contributed by atoms with Gasteiger partial charge in [-0.3, -0.25) is 9.79 Å². The molecular formula is C18H18ClN3OS. The van der Waals surface area contributed by atoms with Crippen LogP contribution in [0.3, 0.4) is 0 Å². The van der Waals surface area contributed by atoms with Gasteiger partial charge >= 0.3 is 0 Å². The highest BCUT2D eigenvalue weighted by atomic mass is 35.5. The number of aliphatic imine (C=N–C) groups is 1. The lowest BCUT2D eigenvalue weighted by Crippen LogP contribution is -2.27. The minimum Gasteiger partial charge on any atom is -0.366 e. The number of amides is 1. The molecule has 0 aromatic heterocycles. The Labute approximate surface area is 150 Å². The second-order valence-electron chi connectivity index (χ2n) is 5.56. The molecule has 0 bridgehead atoms. The zero-order valence-corrected chi connectivity index (χ0v) is 14.6. The molecule has 1 aliphatic heterocycles. The normalized spacial score (nSPS) is 15.0. The molecule has 0 radical (unpaired) electrons. The van der Waals surface area contributed by atoms with Crippen LogP contribution in [0, 0.1) is 0 Å². The average Bonchev–Trinajstić information content (AvgIpc) is 3.07. The molecule has 1 atom stereocenters. The average molecular weight is 360 g/mol. The van der Waals surface area contributed by atoms with Gasteiger partial charge in [-0.2, -0.15) is 0 Å². The molecule has 0 fully saturated rings. The van der Waals surface area contributed by atoms with Crippen LogP contribution in [-0.4, -0.2) is 23.4 Å². The second kappa shape index (κ2) is 7.73. The Morgan fingerprint density at radius 3 is 2.83 bits per heavy atom. The highest BCUT2D eigenvalue weighted by Crippen LogP contribution is 2.24. The molecule has 24 heavy (non-hydrogen) atoms. The van der Waals surface area contributed by atoms with Crippen LogP contribution in [0.1, 0.15) is 27.5 Å². The van der Waals surface area contributed by atoms with E-state index in [-0.39, 0.29) is 6.04 Å². The molecular weight excluding hydrogens is 342 g/mol. The van der Waals surface area contributed by atoms with Crippen molar-refractivity contribution in [2.75, 3.05) is 12.3 Å². The summed E-state index contributed by atoms with van der Waals surface area (Å²) in [5.74, 6) is 0.585. The van der Waals surface area contributed by atoms with E-state index in [4.69, 9.17) is 17.3 Å². The molecule has 3 N–H and O–H groups in total. The first-order valence-electron chi connectivity index (χ1n) is 7.70. The largest absolute Gasteiger partial charge is 0.366 e. The fourth-order valence-corrected chi connectivity index (χ4v) is 3.62. The Hall–Kier alpha value is -1.98. The van der Waals surface area contributed by atoms with Crippen LogP contribution < -0.4 is 11.1 Å². The topological polar surface area (TPSA) is 67.5 Å². The monoisotopic (exact) mass is 359 g/mol. The van der Waals surface area contributed by atoms with E-state index in [1.54, 1.807) is 17.8 Å². The van der Waals surface area contributed by atoms with Crippen molar-refractivity contribution in [3.8, 4) is 0 Å². The number of amidine groups is 1. The van der Waals surface area contributed by atoms with Crippen molar-refractivity contribution in [2.45, 2.75) is 12.5 Å². The number of hydrogen-bond acceptors (Lipinski definition) is 4. The third-order valence-electron chi connectivity index (χ3n) is 3.79. The third-order valence-corrected chi connectivity index (χ3v) is 4.93. The number of benzene rings is 2. The van der Waals surface area contributed by atoms with Crippen molar-refractivity contribution in [1.29, 1.82) is 0 Å². The fraction of sp³-hybridized carbons (Fsp3) is 0.222. The maximum absolute atomic E-state index is 11.4. The van der Waals surface area contributed by atoms with Gasteiger partial charge in [0.05, 0.1) is 12.6 Å². The number of carbonyl (C=O) groups is 1. The van der Waals surface area contributed by atoms with E-state index in [1.807, 2.05) is 42.5 Å². The summed E-state index contributed by atoms with van der Waals surface area (Å²) in [7, 11) is 0. The number of nitrogens with zero attached hydrogens (tertiary/aromatic N) is 1. The first kappa shape index (κ1) is 16.9. The van der Waals surface area contributed by atoms with Crippen molar-refractivity contribution in [2.24, 2.45) is 10.7 Å². The van der Waals surface area contributed by atoms with Crippen LogP contribution in [0.15, 0.2) is 53.5 Å². The lowest BCUT2D eigenvalue weighted by molar-refractivity contribution is 0.1000. The Morgan fingerprint density at radius 1 is 1.29 bits per heavy atom. The van der Waals surface area contributed by atoms with Crippen molar-refractivity contribution in [3.05, 3.63) is 70.2 Å². The van der Waals surface area contributed by atoms with Gasteiger partial charge in [-0.15, -0.1) is 0 Å². The standard InChI is InChI=1S/C18H18ClN3OS/c19-15-6-2-4-13(11-15)16(22-18-21-7-8-24-18)10-12-3-1-5-14(9-12)17(20)23/h1-6,9,11,16H,7-8,10H2,(H2,20,23)(H,21,22). The van der Waals surface area contributed by atoms with Gasteiger partial charge < -0.3 is 11.1 Å². The smallest absolute Gasteiger partial charge is 0.248 e. The van der Waals surface area contributed by atoms with Crippen LogP contribution in [0.5, 0.6) is 0 Å². The van der Waals surface area contributed by atoms with Gasteiger partial charge in [0, 0.05) is 16.3 Å². The highest BCUT2D eigenvalue weighted by Gasteiger charge is 2.17.